The summed E-state index contributed by atoms with van der Waals surface area (Å²) in [7, 11) is 0. The fourth-order valence-corrected chi connectivity index (χ4v) is 4.54. The molecule has 6 nitrogen and oxygen atoms in total. The molecule has 0 saturated carbocycles. The number of hydrogen-bond acceptors (Lipinski definition) is 4. The van der Waals surface area contributed by atoms with Gasteiger partial charge < -0.3 is 5.32 Å². The summed E-state index contributed by atoms with van der Waals surface area (Å²) < 4.78 is 0. The van der Waals surface area contributed by atoms with Crippen LogP contribution in [0.15, 0.2) is 109 Å². The first-order valence-corrected chi connectivity index (χ1v) is 11.3. The first-order valence-electron chi connectivity index (χ1n) is 10.9. The molecule has 168 valence electrons. The Kier molecular flexibility index (Phi) is 5.79. The third kappa shape index (κ3) is 4.26. The smallest absolute Gasteiger partial charge is 0.269 e. The Hall–Kier alpha value is -4.07. The fraction of sp³-hybridized carbons (Fsp3) is 0.0741. The molecule has 4 aromatic rings. The lowest BCUT2D eigenvalue weighted by Crippen LogP contribution is -2.50. The maximum atomic E-state index is 11.1. The summed E-state index contributed by atoms with van der Waals surface area (Å²) in [5, 5.41) is 16.8. The minimum atomic E-state index is -0.685. The van der Waals surface area contributed by atoms with Gasteiger partial charge >= 0.3 is 0 Å². The van der Waals surface area contributed by atoms with E-state index >= 15 is 0 Å². The second-order valence-electron chi connectivity index (χ2n) is 8.16. The number of benzene rings is 4. The van der Waals surface area contributed by atoms with Crippen molar-refractivity contribution in [3.63, 3.8) is 0 Å². The molecule has 1 heterocycles. The van der Waals surface area contributed by atoms with E-state index in [1.54, 1.807) is 17.1 Å². The van der Waals surface area contributed by atoms with Crippen molar-refractivity contribution in [2.75, 3.05) is 5.01 Å². The summed E-state index contributed by atoms with van der Waals surface area (Å²) in [5.74, 6) is 0. The minimum Gasteiger partial charge on any atom is -0.338 e. The van der Waals surface area contributed by atoms with Crippen molar-refractivity contribution in [2.45, 2.75) is 12.1 Å². The Morgan fingerprint density at radius 3 is 2.00 bits per heavy atom. The van der Waals surface area contributed by atoms with E-state index < -0.39 is 10.6 Å². The van der Waals surface area contributed by atoms with Crippen LogP contribution in [0.3, 0.4) is 0 Å². The largest absolute Gasteiger partial charge is 0.338 e. The van der Waals surface area contributed by atoms with Crippen LogP contribution in [0.2, 0.25) is 0 Å². The molecule has 5 rings (SSSR count). The Bertz CT molecular complexity index is 1310. The van der Waals surface area contributed by atoms with Crippen molar-refractivity contribution >= 4 is 28.7 Å². The number of nitro groups is 1. The number of nitrogens with zero attached hydrogens (tertiary/aromatic N) is 2. The molecule has 0 radical (unpaired) electrons. The van der Waals surface area contributed by atoms with Gasteiger partial charge in [0.05, 0.1) is 10.6 Å². The number of non-ortho nitro benzene ring substituents is 1. The molecule has 1 aliphatic rings. The van der Waals surface area contributed by atoms with E-state index in [1.165, 1.54) is 12.1 Å². The van der Waals surface area contributed by atoms with Gasteiger partial charge in [-0.05, 0) is 46.6 Å². The molecule has 1 aliphatic heterocycles. The maximum Gasteiger partial charge on any atom is 0.269 e. The van der Waals surface area contributed by atoms with Gasteiger partial charge in [0.25, 0.3) is 5.69 Å². The van der Waals surface area contributed by atoms with Gasteiger partial charge in [0.15, 0.2) is 5.11 Å². The maximum absolute atomic E-state index is 11.1. The number of hydrazine groups is 1. The molecule has 4 aromatic carbocycles. The van der Waals surface area contributed by atoms with E-state index in [0.717, 1.165) is 27.9 Å². The lowest BCUT2D eigenvalue weighted by molar-refractivity contribution is -0.384. The van der Waals surface area contributed by atoms with E-state index in [1.807, 2.05) is 36.4 Å². The van der Waals surface area contributed by atoms with Crippen LogP contribution in [0.1, 0.15) is 11.1 Å². The van der Waals surface area contributed by atoms with Crippen molar-refractivity contribution in [3.8, 4) is 11.1 Å². The van der Waals surface area contributed by atoms with Crippen LogP contribution in [0, 0.1) is 10.1 Å². The highest BCUT2D eigenvalue weighted by Gasteiger charge is 2.42. The van der Waals surface area contributed by atoms with Crippen molar-refractivity contribution in [1.82, 2.24) is 10.7 Å². The molecule has 0 spiro atoms. The molecule has 0 aliphatic carbocycles. The predicted octanol–water partition coefficient (Wildman–Crippen LogP) is 5.56. The summed E-state index contributed by atoms with van der Waals surface area (Å²) in [6.07, 6.45) is 0.641. The molecule has 0 amide bonds. The van der Waals surface area contributed by atoms with Crippen LogP contribution in [-0.4, -0.2) is 10.0 Å². The van der Waals surface area contributed by atoms with E-state index in [0.29, 0.717) is 11.5 Å². The summed E-state index contributed by atoms with van der Waals surface area (Å²) >= 11 is 5.69. The number of rotatable bonds is 6. The van der Waals surface area contributed by atoms with Gasteiger partial charge in [0.2, 0.25) is 0 Å². The van der Waals surface area contributed by atoms with Crippen LogP contribution in [0.5, 0.6) is 0 Å². The molecule has 0 aromatic heterocycles. The second-order valence-corrected chi connectivity index (χ2v) is 8.55. The lowest BCUT2D eigenvalue weighted by atomic mass is 9.91. The van der Waals surface area contributed by atoms with E-state index in [-0.39, 0.29) is 5.69 Å². The molecule has 2 N–H and O–H groups in total. The second kappa shape index (κ2) is 9.05. The van der Waals surface area contributed by atoms with Gasteiger partial charge in [-0.2, -0.15) is 5.43 Å². The van der Waals surface area contributed by atoms with E-state index in [9.17, 15) is 10.1 Å². The van der Waals surface area contributed by atoms with Crippen molar-refractivity contribution in [3.05, 3.63) is 130 Å². The summed E-state index contributed by atoms with van der Waals surface area (Å²) in [4.78, 5) is 10.6. The summed E-state index contributed by atoms with van der Waals surface area (Å²) in [5.41, 5.74) is 8.08. The first-order chi connectivity index (χ1) is 16.5. The number of anilines is 1. The molecule has 0 bridgehead atoms. The average molecular weight is 467 g/mol. The monoisotopic (exact) mass is 466 g/mol. The number of hydrogen-bond donors (Lipinski definition) is 2. The number of nitro benzene ring substituents is 1. The highest BCUT2D eigenvalue weighted by Crippen LogP contribution is 2.32. The van der Waals surface area contributed by atoms with Gasteiger partial charge in [-0.3, -0.25) is 10.1 Å². The van der Waals surface area contributed by atoms with Crippen molar-refractivity contribution in [1.29, 1.82) is 0 Å². The van der Waals surface area contributed by atoms with Crippen LogP contribution in [-0.2, 0) is 12.1 Å². The Morgan fingerprint density at radius 2 is 1.38 bits per heavy atom. The molecule has 7 heteroatoms. The van der Waals surface area contributed by atoms with Crippen LogP contribution < -0.4 is 15.8 Å². The van der Waals surface area contributed by atoms with Gasteiger partial charge in [0.1, 0.15) is 5.66 Å². The third-order valence-corrected chi connectivity index (χ3v) is 6.23. The molecule has 1 fully saturated rings. The normalized spacial score (nSPS) is 17.4. The summed E-state index contributed by atoms with van der Waals surface area (Å²) in [6, 6.07) is 35.2. The molecule has 1 saturated heterocycles. The van der Waals surface area contributed by atoms with Gasteiger partial charge in [-0.1, -0.05) is 84.9 Å². The minimum absolute atomic E-state index is 0.0360. The zero-order valence-electron chi connectivity index (χ0n) is 18.2. The molecule has 1 atom stereocenters. The van der Waals surface area contributed by atoms with Crippen molar-refractivity contribution in [2.24, 2.45) is 0 Å². The standard InChI is InChI=1S/C27H22N4O2S/c32-31(33)25-17-15-24(16-18-25)30-26(34)28-27(29-30,19-20-7-3-1-4-8-20)23-13-11-22(12-14-23)21-9-5-2-6-10-21/h1-18,29H,19H2,(H,28,34)/t27-/m0/s1. The predicted molar refractivity (Wildman–Crippen MR) is 138 cm³/mol. The van der Waals surface area contributed by atoms with Crippen LogP contribution in [0.25, 0.3) is 11.1 Å². The fourth-order valence-electron chi connectivity index (χ4n) is 4.22. The molecule has 34 heavy (non-hydrogen) atoms. The van der Waals surface area contributed by atoms with E-state index in [2.05, 4.69) is 59.3 Å². The number of thiocarbonyl (C=S) groups is 1. The SMILES string of the molecule is O=[N+]([O-])c1ccc(N2N[C@@](Cc3ccccc3)(c3ccc(-c4ccccc4)cc3)NC2=S)cc1. The molecular weight excluding hydrogens is 444 g/mol. The highest BCUT2D eigenvalue weighted by molar-refractivity contribution is 7.80. The Morgan fingerprint density at radius 1 is 0.794 bits per heavy atom. The van der Waals surface area contributed by atoms with Crippen LogP contribution >= 0.6 is 12.2 Å². The Labute approximate surface area is 203 Å². The number of nitrogens with one attached hydrogen (secondary N) is 2. The topological polar surface area (TPSA) is 70.4 Å². The summed E-state index contributed by atoms with van der Waals surface area (Å²) in [6.45, 7) is 0. The quantitative estimate of drug-likeness (QED) is 0.220. The lowest BCUT2D eigenvalue weighted by Gasteiger charge is -2.31. The third-order valence-electron chi connectivity index (χ3n) is 5.94. The van der Waals surface area contributed by atoms with E-state index in [4.69, 9.17) is 12.2 Å². The molecule has 0 unspecified atom stereocenters. The average Bonchev–Trinajstić information content (AvgIpc) is 3.22. The zero-order valence-corrected chi connectivity index (χ0v) is 19.0. The van der Waals surface area contributed by atoms with Crippen LogP contribution in [0.4, 0.5) is 11.4 Å². The Balaban J connectivity index is 1.51. The zero-order chi connectivity index (χ0) is 23.5. The highest BCUT2D eigenvalue weighted by atomic mass is 32.1. The molecular formula is C27H22N4O2S. The van der Waals surface area contributed by atoms with Crippen molar-refractivity contribution < 1.29 is 4.92 Å². The van der Waals surface area contributed by atoms with Gasteiger partial charge in [-0.25, -0.2) is 5.01 Å². The van der Waals surface area contributed by atoms with Gasteiger partial charge in [-0.15, -0.1) is 0 Å². The van der Waals surface area contributed by atoms with Gasteiger partial charge in [0, 0.05) is 18.6 Å². The first kappa shape index (κ1) is 21.8.